The van der Waals surface area contributed by atoms with E-state index in [-0.39, 0.29) is 0 Å². The number of likely N-dealkylation sites (tertiary alicyclic amines) is 1. The third-order valence-electron chi connectivity index (χ3n) is 4.66. The fourth-order valence-corrected chi connectivity index (χ4v) is 3.60. The Labute approximate surface area is 131 Å². The van der Waals surface area contributed by atoms with E-state index in [1.807, 2.05) is 24.0 Å². The van der Waals surface area contributed by atoms with Gasteiger partial charge in [-0.1, -0.05) is 0 Å². The lowest BCUT2D eigenvalue weighted by molar-refractivity contribution is 0.0888. The van der Waals surface area contributed by atoms with Crippen molar-refractivity contribution >= 4 is 0 Å². The molecular weight excluding hydrogens is 278 g/mol. The summed E-state index contributed by atoms with van der Waals surface area (Å²) in [5.41, 5.74) is 3.68. The van der Waals surface area contributed by atoms with Gasteiger partial charge in [0.15, 0.2) is 0 Å². The maximum absolute atomic E-state index is 10.4. The predicted octanol–water partition coefficient (Wildman–Crippen LogP) is 1.43. The van der Waals surface area contributed by atoms with E-state index in [0.29, 0.717) is 19.1 Å². The molecule has 2 aromatic rings. The molecule has 3 heterocycles. The van der Waals surface area contributed by atoms with Gasteiger partial charge in [0.25, 0.3) is 0 Å². The second-order valence-corrected chi connectivity index (χ2v) is 6.24. The highest BCUT2D eigenvalue weighted by Gasteiger charge is 2.31. The molecule has 1 aliphatic rings. The quantitative estimate of drug-likeness (QED) is 0.908. The minimum absolute atomic E-state index is 0.376. The Morgan fingerprint density at radius 1 is 1.36 bits per heavy atom. The first-order valence-electron chi connectivity index (χ1n) is 7.96. The van der Waals surface area contributed by atoms with E-state index < -0.39 is 6.10 Å². The van der Waals surface area contributed by atoms with Gasteiger partial charge in [0.1, 0.15) is 0 Å². The molecule has 1 N–H and O–H groups in total. The van der Waals surface area contributed by atoms with Gasteiger partial charge in [0.05, 0.1) is 18.3 Å². The van der Waals surface area contributed by atoms with Crippen molar-refractivity contribution in [2.45, 2.75) is 45.4 Å². The summed E-state index contributed by atoms with van der Waals surface area (Å²) in [6.07, 6.45) is 5.54. The Hall–Kier alpha value is -1.66. The number of β-amino-alcohol motifs (C(OH)–C–C–N with tert-alkyl or cyclic N) is 1. The number of aliphatic hydroxyl groups excluding tert-OH is 1. The van der Waals surface area contributed by atoms with E-state index in [9.17, 15) is 5.11 Å². The SMILES string of the molecule is Cc1nn(C)c(C)c1[C@@H]1CCCN1C[C@@H](O)Cn1cccn1. The smallest absolute Gasteiger partial charge is 0.0862 e. The van der Waals surface area contributed by atoms with E-state index in [4.69, 9.17) is 0 Å². The van der Waals surface area contributed by atoms with Crippen LogP contribution in [0.3, 0.4) is 0 Å². The molecule has 0 spiro atoms. The lowest BCUT2D eigenvalue weighted by Crippen LogP contribution is -2.34. The normalized spacial score (nSPS) is 20.6. The Balaban J connectivity index is 1.70. The summed E-state index contributed by atoms with van der Waals surface area (Å²) in [4.78, 5) is 2.39. The third-order valence-corrected chi connectivity index (χ3v) is 4.66. The molecule has 0 aliphatic carbocycles. The van der Waals surface area contributed by atoms with Crippen molar-refractivity contribution < 1.29 is 5.11 Å². The van der Waals surface area contributed by atoms with Crippen LogP contribution in [0.5, 0.6) is 0 Å². The van der Waals surface area contributed by atoms with Gasteiger partial charge in [0.2, 0.25) is 0 Å². The molecule has 6 nitrogen and oxygen atoms in total. The van der Waals surface area contributed by atoms with Crippen LogP contribution in [0.2, 0.25) is 0 Å². The number of hydrogen-bond acceptors (Lipinski definition) is 4. The van der Waals surface area contributed by atoms with Crippen LogP contribution in [0.4, 0.5) is 0 Å². The topological polar surface area (TPSA) is 59.1 Å². The van der Waals surface area contributed by atoms with Gasteiger partial charge in [-0.3, -0.25) is 14.3 Å². The Kier molecular flexibility index (Phi) is 4.31. The third kappa shape index (κ3) is 2.94. The number of rotatable bonds is 5. The molecule has 0 saturated carbocycles. The fourth-order valence-electron chi connectivity index (χ4n) is 3.60. The first-order chi connectivity index (χ1) is 10.6. The van der Waals surface area contributed by atoms with Crippen LogP contribution < -0.4 is 0 Å². The van der Waals surface area contributed by atoms with Crippen molar-refractivity contribution in [2.24, 2.45) is 7.05 Å². The Bertz CT molecular complexity index is 619. The predicted molar refractivity (Wildman–Crippen MR) is 84.5 cm³/mol. The number of aliphatic hydroxyl groups is 1. The maximum Gasteiger partial charge on any atom is 0.0862 e. The molecule has 0 aromatic carbocycles. The molecule has 22 heavy (non-hydrogen) atoms. The van der Waals surface area contributed by atoms with Crippen molar-refractivity contribution in [1.82, 2.24) is 24.5 Å². The number of hydrogen-bond donors (Lipinski definition) is 1. The molecule has 1 aliphatic heterocycles. The Morgan fingerprint density at radius 3 is 2.82 bits per heavy atom. The second-order valence-electron chi connectivity index (χ2n) is 6.24. The zero-order valence-electron chi connectivity index (χ0n) is 13.6. The first kappa shape index (κ1) is 15.2. The summed E-state index contributed by atoms with van der Waals surface area (Å²) in [6.45, 7) is 6.47. The highest BCUT2D eigenvalue weighted by atomic mass is 16.3. The van der Waals surface area contributed by atoms with Gasteiger partial charge in [-0.25, -0.2) is 0 Å². The van der Waals surface area contributed by atoms with E-state index in [1.54, 1.807) is 10.9 Å². The van der Waals surface area contributed by atoms with E-state index in [2.05, 4.69) is 28.9 Å². The van der Waals surface area contributed by atoms with Crippen LogP contribution in [0, 0.1) is 13.8 Å². The average Bonchev–Trinajstić information content (AvgIpc) is 3.15. The van der Waals surface area contributed by atoms with Gasteiger partial charge in [-0.05, 0) is 39.3 Å². The van der Waals surface area contributed by atoms with E-state index in [1.165, 1.54) is 17.7 Å². The minimum atomic E-state index is -0.405. The molecule has 0 amide bonds. The summed E-state index contributed by atoms with van der Waals surface area (Å²) in [6, 6.07) is 2.26. The average molecular weight is 303 g/mol. The van der Waals surface area contributed by atoms with Crippen molar-refractivity contribution in [3.05, 3.63) is 35.4 Å². The molecule has 1 fully saturated rings. The summed E-state index contributed by atoms with van der Waals surface area (Å²) in [7, 11) is 2.00. The standard InChI is InChI=1S/C16H25N5O/c1-12-16(13(2)19(3)18-12)15-6-4-8-20(15)10-14(22)11-21-9-5-7-17-21/h5,7,9,14-15,22H,4,6,8,10-11H2,1-3H3/t14-,15+/m1/s1. The summed E-state index contributed by atoms with van der Waals surface area (Å²) in [5, 5.41) is 19.1. The molecular formula is C16H25N5O. The minimum Gasteiger partial charge on any atom is -0.390 e. The lowest BCUT2D eigenvalue weighted by atomic mass is 10.0. The zero-order chi connectivity index (χ0) is 15.7. The van der Waals surface area contributed by atoms with Crippen molar-refractivity contribution in [1.29, 1.82) is 0 Å². The molecule has 2 atom stereocenters. The van der Waals surface area contributed by atoms with Crippen LogP contribution in [0.15, 0.2) is 18.5 Å². The monoisotopic (exact) mass is 303 g/mol. The molecule has 2 aromatic heterocycles. The molecule has 0 bridgehead atoms. The van der Waals surface area contributed by atoms with Crippen LogP contribution in [0.25, 0.3) is 0 Å². The summed E-state index contributed by atoms with van der Waals surface area (Å²) < 4.78 is 3.75. The molecule has 3 rings (SSSR count). The van der Waals surface area contributed by atoms with Gasteiger partial charge in [-0.2, -0.15) is 10.2 Å². The lowest BCUT2D eigenvalue weighted by Gasteiger charge is -2.27. The second kappa shape index (κ2) is 6.22. The molecule has 0 radical (unpaired) electrons. The summed E-state index contributed by atoms with van der Waals surface area (Å²) >= 11 is 0. The molecule has 1 saturated heterocycles. The molecule has 120 valence electrons. The van der Waals surface area contributed by atoms with Crippen molar-refractivity contribution in [3.8, 4) is 0 Å². The maximum atomic E-state index is 10.4. The Morgan fingerprint density at radius 2 is 2.18 bits per heavy atom. The van der Waals surface area contributed by atoms with Gasteiger partial charge in [-0.15, -0.1) is 0 Å². The summed E-state index contributed by atoms with van der Waals surface area (Å²) in [5.74, 6) is 0. The first-order valence-corrected chi connectivity index (χ1v) is 7.96. The van der Waals surface area contributed by atoms with Gasteiger partial charge >= 0.3 is 0 Å². The van der Waals surface area contributed by atoms with Crippen LogP contribution in [-0.4, -0.2) is 48.8 Å². The van der Waals surface area contributed by atoms with Crippen LogP contribution >= 0.6 is 0 Å². The van der Waals surface area contributed by atoms with Crippen molar-refractivity contribution in [3.63, 3.8) is 0 Å². The van der Waals surface area contributed by atoms with Crippen molar-refractivity contribution in [2.75, 3.05) is 13.1 Å². The molecule has 0 unspecified atom stereocenters. The van der Waals surface area contributed by atoms with E-state index in [0.717, 1.165) is 18.7 Å². The van der Waals surface area contributed by atoms with Crippen LogP contribution in [0.1, 0.15) is 35.8 Å². The highest BCUT2D eigenvalue weighted by Crippen LogP contribution is 2.35. The van der Waals surface area contributed by atoms with Gasteiger partial charge in [0, 0.05) is 43.3 Å². The zero-order valence-corrected chi connectivity index (χ0v) is 13.6. The fraction of sp³-hybridized carbons (Fsp3) is 0.625. The highest BCUT2D eigenvalue weighted by molar-refractivity contribution is 5.29. The van der Waals surface area contributed by atoms with E-state index >= 15 is 0 Å². The molecule has 6 heteroatoms. The van der Waals surface area contributed by atoms with Gasteiger partial charge < -0.3 is 5.11 Å². The number of aromatic nitrogens is 4. The number of nitrogens with zero attached hydrogens (tertiary/aromatic N) is 5. The largest absolute Gasteiger partial charge is 0.390 e. The number of aryl methyl sites for hydroxylation is 2. The van der Waals surface area contributed by atoms with Crippen LogP contribution in [-0.2, 0) is 13.6 Å².